The molecule has 27 heavy (non-hydrogen) atoms. The Morgan fingerprint density at radius 2 is 1.96 bits per heavy atom. The first-order valence-corrected chi connectivity index (χ1v) is 11.1. The Bertz CT molecular complexity index is 701. The number of hydrogen-bond donors (Lipinski definition) is 1. The van der Waals surface area contributed by atoms with Gasteiger partial charge in [0.25, 0.3) is 0 Å². The van der Waals surface area contributed by atoms with E-state index in [1.54, 1.807) is 20.8 Å². The van der Waals surface area contributed by atoms with Gasteiger partial charge in [0.05, 0.1) is 29.8 Å². The first-order chi connectivity index (χ1) is 12.9. The molecule has 0 radical (unpaired) electrons. The number of thioether (sulfide) groups is 1. The zero-order chi connectivity index (χ0) is 20.0. The van der Waals surface area contributed by atoms with E-state index in [1.807, 2.05) is 0 Å². The van der Waals surface area contributed by atoms with Crippen molar-refractivity contribution in [2.45, 2.75) is 52.2 Å². The molecule has 1 heterocycles. The quantitative estimate of drug-likeness (QED) is 0.655. The van der Waals surface area contributed by atoms with Crippen LogP contribution in [0.3, 0.4) is 0 Å². The van der Waals surface area contributed by atoms with Crippen molar-refractivity contribution in [1.82, 2.24) is 0 Å². The highest BCUT2D eigenvalue weighted by Gasteiger charge is 2.30. The lowest BCUT2D eigenvalue weighted by atomic mass is 9.88. The van der Waals surface area contributed by atoms with Crippen molar-refractivity contribution in [2.24, 2.45) is 5.92 Å². The van der Waals surface area contributed by atoms with Crippen LogP contribution in [0.5, 0.6) is 0 Å². The fourth-order valence-corrected chi connectivity index (χ4v) is 5.02. The highest BCUT2D eigenvalue weighted by Crippen LogP contribution is 2.40. The van der Waals surface area contributed by atoms with E-state index < -0.39 is 5.25 Å². The summed E-state index contributed by atoms with van der Waals surface area (Å²) in [5, 5.41) is 3.00. The van der Waals surface area contributed by atoms with E-state index >= 15 is 0 Å². The Morgan fingerprint density at radius 1 is 1.26 bits per heavy atom. The molecule has 0 spiro atoms. The van der Waals surface area contributed by atoms with E-state index in [2.05, 4.69) is 12.2 Å². The van der Waals surface area contributed by atoms with Crippen molar-refractivity contribution in [1.29, 1.82) is 0 Å². The van der Waals surface area contributed by atoms with Gasteiger partial charge < -0.3 is 14.8 Å². The lowest BCUT2D eigenvalue weighted by Crippen LogP contribution is -2.25. The van der Waals surface area contributed by atoms with Crippen LogP contribution in [0, 0.1) is 5.92 Å². The molecule has 1 aromatic rings. The fraction of sp³-hybridized carbons (Fsp3) is 0.632. The van der Waals surface area contributed by atoms with Crippen molar-refractivity contribution < 1.29 is 23.9 Å². The highest BCUT2D eigenvalue weighted by atomic mass is 32.2. The van der Waals surface area contributed by atoms with Crippen LogP contribution in [-0.4, -0.2) is 42.1 Å². The van der Waals surface area contributed by atoms with E-state index in [4.69, 9.17) is 9.47 Å². The predicted molar refractivity (Wildman–Crippen MR) is 109 cm³/mol. The minimum Gasteiger partial charge on any atom is -0.465 e. The predicted octanol–water partition coefficient (Wildman–Crippen LogP) is 3.67. The number of esters is 2. The zero-order valence-electron chi connectivity index (χ0n) is 16.3. The molecule has 0 bridgehead atoms. The summed E-state index contributed by atoms with van der Waals surface area (Å²) in [4.78, 5) is 37.7. The minimum atomic E-state index is -0.442. The molecule has 8 heteroatoms. The molecule has 0 saturated carbocycles. The van der Waals surface area contributed by atoms with E-state index in [0.717, 1.165) is 29.7 Å². The number of carbonyl (C=O) groups is 3. The number of rotatable bonds is 8. The van der Waals surface area contributed by atoms with Crippen LogP contribution in [0.1, 0.15) is 54.9 Å². The SMILES string of the molecule is CCOC(=O)CSC(C)C(=O)Nc1sc2c(c1C(=O)OCC)CCC(C)C2. The van der Waals surface area contributed by atoms with Crippen molar-refractivity contribution in [3.8, 4) is 0 Å². The Kier molecular flexibility index (Phi) is 8.16. The summed E-state index contributed by atoms with van der Waals surface area (Å²) < 4.78 is 10.1. The van der Waals surface area contributed by atoms with Crippen molar-refractivity contribution in [2.75, 3.05) is 24.3 Å². The maximum atomic E-state index is 12.6. The molecule has 2 unspecified atom stereocenters. The number of thiophene rings is 1. The number of anilines is 1. The molecule has 1 aliphatic carbocycles. The second-order valence-electron chi connectivity index (χ2n) is 6.52. The van der Waals surface area contributed by atoms with Gasteiger partial charge in [0.1, 0.15) is 5.00 Å². The van der Waals surface area contributed by atoms with Gasteiger partial charge in [-0.3, -0.25) is 9.59 Å². The van der Waals surface area contributed by atoms with Crippen molar-refractivity contribution in [3.63, 3.8) is 0 Å². The lowest BCUT2D eigenvalue weighted by Gasteiger charge is -2.18. The molecule has 2 atom stereocenters. The van der Waals surface area contributed by atoms with E-state index in [9.17, 15) is 14.4 Å². The zero-order valence-corrected chi connectivity index (χ0v) is 17.9. The second-order valence-corrected chi connectivity index (χ2v) is 8.96. The average Bonchev–Trinajstić information content (AvgIpc) is 2.96. The molecule has 0 saturated heterocycles. The van der Waals surface area contributed by atoms with Gasteiger partial charge >= 0.3 is 11.9 Å². The number of nitrogens with one attached hydrogen (secondary N) is 1. The Morgan fingerprint density at radius 3 is 2.63 bits per heavy atom. The topological polar surface area (TPSA) is 81.7 Å². The summed E-state index contributed by atoms with van der Waals surface area (Å²) in [5.41, 5.74) is 1.51. The number of amides is 1. The fourth-order valence-electron chi connectivity index (χ4n) is 2.94. The van der Waals surface area contributed by atoms with Crippen LogP contribution >= 0.6 is 23.1 Å². The van der Waals surface area contributed by atoms with Gasteiger partial charge in [-0.15, -0.1) is 23.1 Å². The van der Waals surface area contributed by atoms with Crippen LogP contribution in [-0.2, 0) is 31.9 Å². The van der Waals surface area contributed by atoms with Gasteiger partial charge in [-0.1, -0.05) is 6.92 Å². The number of ether oxygens (including phenoxy) is 2. The van der Waals surface area contributed by atoms with Crippen molar-refractivity contribution >= 4 is 45.9 Å². The minimum absolute atomic E-state index is 0.117. The van der Waals surface area contributed by atoms with Gasteiger partial charge in [-0.05, 0) is 51.5 Å². The van der Waals surface area contributed by atoms with Crippen LogP contribution in [0.2, 0.25) is 0 Å². The van der Waals surface area contributed by atoms with Crippen LogP contribution < -0.4 is 5.32 Å². The first-order valence-electron chi connectivity index (χ1n) is 9.27. The second kappa shape index (κ2) is 10.1. The van der Waals surface area contributed by atoms with E-state index in [1.165, 1.54) is 23.1 Å². The lowest BCUT2D eigenvalue weighted by molar-refractivity contribution is -0.139. The maximum absolute atomic E-state index is 12.6. The van der Waals surface area contributed by atoms with Gasteiger partial charge in [0.15, 0.2) is 0 Å². The summed E-state index contributed by atoms with van der Waals surface area (Å²) >= 11 is 2.68. The molecule has 0 aliphatic heterocycles. The molecule has 0 fully saturated rings. The molecular weight excluding hydrogens is 386 g/mol. The smallest absolute Gasteiger partial charge is 0.341 e. The number of carbonyl (C=O) groups excluding carboxylic acids is 3. The Balaban J connectivity index is 2.13. The molecule has 0 aromatic carbocycles. The summed E-state index contributed by atoms with van der Waals surface area (Å²) in [7, 11) is 0. The normalized spacial score (nSPS) is 17.0. The Hall–Kier alpha value is -1.54. The van der Waals surface area contributed by atoms with E-state index in [0.29, 0.717) is 29.7 Å². The van der Waals surface area contributed by atoms with E-state index in [-0.39, 0.29) is 23.6 Å². The summed E-state index contributed by atoms with van der Waals surface area (Å²) in [5.74, 6) is -0.275. The molecule has 150 valence electrons. The highest BCUT2D eigenvalue weighted by molar-refractivity contribution is 8.01. The molecular formula is C19H27NO5S2. The first kappa shape index (κ1) is 21.8. The molecule has 6 nitrogen and oxygen atoms in total. The van der Waals surface area contributed by atoms with Crippen LogP contribution in [0.25, 0.3) is 0 Å². The average molecular weight is 414 g/mol. The van der Waals surface area contributed by atoms with Gasteiger partial charge in [0.2, 0.25) is 5.91 Å². The number of fused-ring (bicyclic) bond motifs is 1. The summed E-state index contributed by atoms with van der Waals surface area (Å²) in [6.07, 6.45) is 2.76. The third kappa shape index (κ3) is 5.72. The molecule has 2 rings (SSSR count). The molecule has 1 aliphatic rings. The molecule has 1 aromatic heterocycles. The molecule has 1 N–H and O–H groups in total. The van der Waals surface area contributed by atoms with Gasteiger partial charge in [-0.25, -0.2) is 4.79 Å². The van der Waals surface area contributed by atoms with Gasteiger partial charge in [-0.2, -0.15) is 0 Å². The van der Waals surface area contributed by atoms with Crippen LogP contribution in [0.4, 0.5) is 5.00 Å². The van der Waals surface area contributed by atoms with Crippen LogP contribution in [0.15, 0.2) is 0 Å². The van der Waals surface area contributed by atoms with Gasteiger partial charge in [0, 0.05) is 4.88 Å². The largest absolute Gasteiger partial charge is 0.465 e. The summed E-state index contributed by atoms with van der Waals surface area (Å²) in [6.45, 7) is 8.05. The molecule has 1 amide bonds. The third-order valence-corrected chi connectivity index (χ3v) is 6.64. The maximum Gasteiger partial charge on any atom is 0.341 e. The summed E-state index contributed by atoms with van der Waals surface area (Å²) in [6, 6.07) is 0. The third-order valence-electron chi connectivity index (χ3n) is 4.35. The number of hydrogen-bond acceptors (Lipinski definition) is 7. The Labute approximate surface area is 168 Å². The van der Waals surface area contributed by atoms with Crippen molar-refractivity contribution in [3.05, 3.63) is 16.0 Å². The monoisotopic (exact) mass is 413 g/mol. The standard InChI is InChI=1S/C19H27NO5S2/c1-5-24-15(21)10-26-12(4)17(22)20-18-16(19(23)25-6-2)13-8-7-11(3)9-14(13)27-18/h11-12H,5-10H2,1-4H3,(H,20,22).